The van der Waals surface area contributed by atoms with E-state index in [-0.39, 0.29) is 17.9 Å². The van der Waals surface area contributed by atoms with Gasteiger partial charge in [0.05, 0.1) is 12.2 Å². The topological polar surface area (TPSA) is 92.3 Å². The van der Waals surface area contributed by atoms with Gasteiger partial charge in [-0.15, -0.1) is 11.3 Å². The van der Waals surface area contributed by atoms with Crippen LogP contribution in [0.15, 0.2) is 33.2 Å². The molecule has 0 aliphatic rings. The Morgan fingerprint density at radius 3 is 2.85 bits per heavy atom. The first-order valence-electron chi connectivity index (χ1n) is 7.65. The summed E-state index contributed by atoms with van der Waals surface area (Å²) in [6.45, 7) is 3.58. The van der Waals surface area contributed by atoms with E-state index in [9.17, 15) is 14.9 Å². The maximum Gasteiger partial charge on any atom is 0.348 e. The van der Waals surface area contributed by atoms with Crippen molar-refractivity contribution in [3.63, 3.8) is 0 Å². The van der Waals surface area contributed by atoms with Gasteiger partial charge < -0.3 is 14.5 Å². The normalized spacial score (nSPS) is 10.5. The molecule has 1 aromatic carbocycles. The molecule has 0 bridgehead atoms. The summed E-state index contributed by atoms with van der Waals surface area (Å²) in [6, 6.07) is 9.05. The number of hydrogen-bond donors (Lipinski definition) is 1. The summed E-state index contributed by atoms with van der Waals surface area (Å²) in [4.78, 5) is 24.8. The van der Waals surface area contributed by atoms with E-state index in [0.29, 0.717) is 21.0 Å². The Balaban J connectivity index is 1.92. The summed E-state index contributed by atoms with van der Waals surface area (Å²) < 4.78 is 11.4. The Labute approximate surface area is 161 Å². The number of nitrogens with zero attached hydrogens (tertiary/aromatic N) is 1. The van der Waals surface area contributed by atoms with Gasteiger partial charge in [0.1, 0.15) is 21.5 Å². The molecule has 0 saturated heterocycles. The molecule has 3 rings (SSSR count). The fourth-order valence-electron chi connectivity index (χ4n) is 2.42. The van der Waals surface area contributed by atoms with E-state index >= 15 is 0 Å². The van der Waals surface area contributed by atoms with Crippen LogP contribution in [0.3, 0.4) is 0 Å². The minimum Gasteiger partial charge on any atom is -0.462 e. The van der Waals surface area contributed by atoms with Gasteiger partial charge >= 0.3 is 5.97 Å². The molecule has 0 unspecified atom stereocenters. The standard InChI is InChI=1S/C18H13BrN2O4S/c1-3-24-18(23)15-9(2)12(8-20)17(26-15)21-16(22)14-7-10-6-11(19)4-5-13(10)25-14/h4-7H,3H2,1-2H3,(H,21,22). The first-order valence-corrected chi connectivity index (χ1v) is 9.26. The quantitative estimate of drug-likeness (QED) is 0.593. The highest BCUT2D eigenvalue weighted by atomic mass is 79.9. The van der Waals surface area contributed by atoms with Crippen molar-refractivity contribution >= 4 is 55.1 Å². The van der Waals surface area contributed by atoms with Crippen LogP contribution >= 0.6 is 27.3 Å². The van der Waals surface area contributed by atoms with Crippen LogP contribution in [0.5, 0.6) is 0 Å². The van der Waals surface area contributed by atoms with Gasteiger partial charge in [0.2, 0.25) is 0 Å². The number of halogens is 1. The summed E-state index contributed by atoms with van der Waals surface area (Å²) in [5.41, 5.74) is 1.30. The molecule has 1 amide bonds. The number of esters is 1. The fourth-order valence-corrected chi connectivity index (χ4v) is 3.84. The number of rotatable bonds is 4. The third kappa shape index (κ3) is 3.36. The molecule has 8 heteroatoms. The largest absolute Gasteiger partial charge is 0.462 e. The van der Waals surface area contributed by atoms with Gasteiger partial charge in [-0.1, -0.05) is 15.9 Å². The molecule has 2 aromatic heterocycles. The van der Waals surface area contributed by atoms with E-state index in [2.05, 4.69) is 21.2 Å². The van der Waals surface area contributed by atoms with Crippen LogP contribution in [0.25, 0.3) is 11.0 Å². The minimum atomic E-state index is -0.513. The highest BCUT2D eigenvalue weighted by Gasteiger charge is 2.23. The van der Waals surface area contributed by atoms with Crippen LogP contribution in [0.1, 0.15) is 38.3 Å². The van der Waals surface area contributed by atoms with E-state index < -0.39 is 11.9 Å². The number of nitriles is 1. The van der Waals surface area contributed by atoms with E-state index in [4.69, 9.17) is 9.15 Å². The maximum atomic E-state index is 12.5. The first kappa shape index (κ1) is 18.2. The number of thiophene rings is 1. The molecule has 0 aliphatic carbocycles. The van der Waals surface area contributed by atoms with Gasteiger partial charge in [-0.05, 0) is 43.7 Å². The number of carbonyl (C=O) groups excluding carboxylic acids is 2. The molecule has 2 heterocycles. The number of furan rings is 1. The molecule has 0 saturated carbocycles. The molecule has 26 heavy (non-hydrogen) atoms. The molecular formula is C18H13BrN2O4S. The monoisotopic (exact) mass is 432 g/mol. The minimum absolute atomic E-state index is 0.116. The Kier molecular flexibility index (Phi) is 5.11. The molecule has 3 aromatic rings. The second kappa shape index (κ2) is 7.32. The number of anilines is 1. The van der Waals surface area contributed by atoms with Gasteiger partial charge in [0.25, 0.3) is 5.91 Å². The summed E-state index contributed by atoms with van der Waals surface area (Å²) in [5.74, 6) is -0.892. The summed E-state index contributed by atoms with van der Waals surface area (Å²) in [7, 11) is 0. The lowest BCUT2D eigenvalue weighted by Gasteiger charge is -2.00. The van der Waals surface area contributed by atoms with Gasteiger partial charge in [0, 0.05) is 9.86 Å². The van der Waals surface area contributed by atoms with Gasteiger partial charge in [-0.25, -0.2) is 4.79 Å². The zero-order valence-electron chi connectivity index (χ0n) is 13.9. The lowest BCUT2D eigenvalue weighted by molar-refractivity contribution is 0.0531. The Morgan fingerprint density at radius 2 is 2.15 bits per heavy atom. The summed E-state index contributed by atoms with van der Waals surface area (Å²) in [6.07, 6.45) is 0. The highest BCUT2D eigenvalue weighted by molar-refractivity contribution is 9.10. The van der Waals surface area contributed by atoms with Crippen LogP contribution in [0, 0.1) is 18.3 Å². The summed E-state index contributed by atoms with van der Waals surface area (Å²) >= 11 is 4.38. The van der Waals surface area contributed by atoms with Crippen molar-refractivity contribution in [2.24, 2.45) is 0 Å². The highest BCUT2D eigenvalue weighted by Crippen LogP contribution is 2.33. The van der Waals surface area contributed by atoms with Crippen molar-refractivity contribution in [3.8, 4) is 6.07 Å². The van der Waals surface area contributed by atoms with Crippen LogP contribution in [0.2, 0.25) is 0 Å². The Bertz CT molecular complexity index is 1060. The molecule has 0 atom stereocenters. The van der Waals surface area contributed by atoms with Gasteiger partial charge in [0.15, 0.2) is 5.76 Å². The van der Waals surface area contributed by atoms with Crippen LogP contribution in [0.4, 0.5) is 5.00 Å². The van der Waals surface area contributed by atoms with E-state index in [1.54, 1.807) is 26.0 Å². The third-order valence-electron chi connectivity index (χ3n) is 3.65. The number of benzene rings is 1. The molecular weight excluding hydrogens is 420 g/mol. The molecule has 132 valence electrons. The molecule has 0 radical (unpaired) electrons. The second-order valence-electron chi connectivity index (χ2n) is 5.34. The average molecular weight is 433 g/mol. The fraction of sp³-hybridized carbons (Fsp3) is 0.167. The van der Waals surface area contributed by atoms with Gasteiger partial charge in [-0.3, -0.25) is 4.79 Å². The number of amides is 1. The summed E-state index contributed by atoms with van der Waals surface area (Å²) in [5, 5.41) is 13.1. The lowest BCUT2D eigenvalue weighted by atomic mass is 10.2. The number of hydrogen-bond acceptors (Lipinski definition) is 6. The van der Waals surface area contributed by atoms with Crippen molar-refractivity contribution < 1.29 is 18.7 Å². The molecule has 0 aliphatic heterocycles. The molecule has 0 fully saturated rings. The van der Waals surface area contributed by atoms with E-state index in [1.165, 1.54) is 0 Å². The molecule has 6 nitrogen and oxygen atoms in total. The van der Waals surface area contributed by atoms with Crippen molar-refractivity contribution in [2.45, 2.75) is 13.8 Å². The zero-order chi connectivity index (χ0) is 18.8. The molecule has 0 spiro atoms. The average Bonchev–Trinajstić information content (AvgIpc) is 3.15. The van der Waals surface area contributed by atoms with Crippen molar-refractivity contribution in [1.29, 1.82) is 5.26 Å². The number of carbonyl (C=O) groups is 2. The van der Waals surface area contributed by atoms with Crippen molar-refractivity contribution in [3.05, 3.63) is 50.5 Å². The first-order chi connectivity index (χ1) is 12.4. The van der Waals surface area contributed by atoms with Crippen LogP contribution in [-0.2, 0) is 4.74 Å². The lowest BCUT2D eigenvalue weighted by Crippen LogP contribution is -2.10. The number of nitrogens with one attached hydrogen (secondary N) is 1. The number of fused-ring (bicyclic) bond motifs is 1. The van der Waals surface area contributed by atoms with Gasteiger partial charge in [-0.2, -0.15) is 5.26 Å². The van der Waals surface area contributed by atoms with E-state index in [0.717, 1.165) is 21.2 Å². The SMILES string of the molecule is CCOC(=O)c1sc(NC(=O)c2cc3cc(Br)ccc3o2)c(C#N)c1C. The smallest absolute Gasteiger partial charge is 0.348 e. The maximum absolute atomic E-state index is 12.5. The Hall–Kier alpha value is -2.63. The Morgan fingerprint density at radius 1 is 1.38 bits per heavy atom. The third-order valence-corrected chi connectivity index (χ3v) is 5.33. The number of ether oxygens (including phenoxy) is 1. The zero-order valence-corrected chi connectivity index (χ0v) is 16.3. The predicted octanol–water partition coefficient (Wildman–Crippen LogP) is 4.87. The van der Waals surface area contributed by atoms with Crippen LogP contribution < -0.4 is 5.32 Å². The van der Waals surface area contributed by atoms with Crippen molar-refractivity contribution in [2.75, 3.05) is 11.9 Å². The van der Waals surface area contributed by atoms with Crippen LogP contribution in [-0.4, -0.2) is 18.5 Å². The van der Waals surface area contributed by atoms with E-state index in [1.807, 2.05) is 18.2 Å². The van der Waals surface area contributed by atoms with Crippen molar-refractivity contribution in [1.82, 2.24) is 0 Å². The molecule has 1 N–H and O–H groups in total. The second-order valence-corrected chi connectivity index (χ2v) is 7.28. The predicted molar refractivity (Wildman–Crippen MR) is 102 cm³/mol.